The van der Waals surface area contributed by atoms with Gasteiger partial charge in [0.15, 0.2) is 0 Å². The molecule has 4 N–H and O–H groups in total. The first kappa shape index (κ1) is 10.4. The molecule has 1 fully saturated rings. The van der Waals surface area contributed by atoms with Gasteiger partial charge in [-0.25, -0.2) is 19.8 Å². The second-order valence-corrected chi connectivity index (χ2v) is 6.09. The Hall–Kier alpha value is -1.14. The average Bonchev–Trinajstić information content (AvgIpc) is 3.00. The lowest BCUT2D eigenvalue weighted by Crippen LogP contribution is -2.11. The lowest BCUT2D eigenvalue weighted by molar-refractivity contribution is 0.673. The first-order valence-corrected chi connectivity index (χ1v) is 6.38. The van der Waals surface area contributed by atoms with Crippen LogP contribution in [0.5, 0.6) is 0 Å². The van der Waals surface area contributed by atoms with Crippen LogP contribution < -0.4 is 11.3 Å². The fourth-order valence-corrected chi connectivity index (χ4v) is 3.42. The molecule has 0 bridgehead atoms. The monoisotopic (exact) mass is 226 g/mol. The average molecular weight is 226 g/mol. The minimum absolute atomic E-state index is 0.0229. The Morgan fingerprint density at radius 1 is 1.67 bits per heavy atom. The van der Waals surface area contributed by atoms with Crippen LogP contribution in [-0.2, 0) is 9.73 Å². The summed E-state index contributed by atoms with van der Waals surface area (Å²) in [5.74, 6) is 5.75. The quantitative estimate of drug-likeness (QED) is 0.534. The first-order chi connectivity index (χ1) is 7.05. The highest BCUT2D eigenvalue weighted by atomic mass is 32.2. The summed E-state index contributed by atoms with van der Waals surface area (Å²) >= 11 is 0. The first-order valence-electron chi connectivity index (χ1n) is 4.76. The van der Waals surface area contributed by atoms with Crippen molar-refractivity contribution in [2.24, 2.45) is 5.84 Å². The molecule has 0 saturated heterocycles. The fraction of sp³-hybridized carbons (Fsp3) is 0.444. The number of nitrogen functional groups attached to an aromatic ring is 1. The van der Waals surface area contributed by atoms with Gasteiger partial charge in [-0.05, 0) is 31.4 Å². The van der Waals surface area contributed by atoms with Gasteiger partial charge in [-0.3, -0.25) is 0 Å². The lowest BCUT2D eigenvalue weighted by atomic mass is 10.3. The van der Waals surface area contributed by atoms with E-state index in [0.29, 0.717) is 10.7 Å². The van der Waals surface area contributed by atoms with Crippen molar-refractivity contribution < 1.29 is 4.21 Å². The highest BCUT2D eigenvalue weighted by molar-refractivity contribution is 7.93. The van der Waals surface area contributed by atoms with Crippen molar-refractivity contribution in [2.45, 2.75) is 29.9 Å². The van der Waals surface area contributed by atoms with Gasteiger partial charge in [-0.15, -0.1) is 0 Å². The molecule has 0 aromatic carbocycles. The molecule has 1 aliphatic rings. The van der Waals surface area contributed by atoms with Crippen LogP contribution in [0.3, 0.4) is 0 Å². The third-order valence-electron chi connectivity index (χ3n) is 2.53. The number of aromatic nitrogens is 1. The molecule has 5 nitrogen and oxygen atoms in total. The molecule has 1 heterocycles. The highest BCUT2D eigenvalue weighted by Gasteiger charge is 2.34. The van der Waals surface area contributed by atoms with Crippen molar-refractivity contribution in [3.63, 3.8) is 0 Å². The Bertz CT molecular complexity index is 479. The maximum absolute atomic E-state index is 12.1. The molecule has 1 aromatic rings. The minimum Gasteiger partial charge on any atom is -0.308 e. The Kier molecular flexibility index (Phi) is 2.40. The predicted octanol–water partition coefficient (Wildman–Crippen LogP) is 1.24. The molecule has 0 aliphatic heterocycles. The second kappa shape index (κ2) is 3.46. The normalized spacial score (nSPS) is 19.6. The number of nitrogens with zero attached hydrogens (tertiary/aromatic N) is 1. The maximum atomic E-state index is 12.1. The van der Waals surface area contributed by atoms with Crippen molar-refractivity contribution in [1.82, 2.24) is 4.98 Å². The third-order valence-corrected chi connectivity index (χ3v) is 5.02. The van der Waals surface area contributed by atoms with Crippen molar-refractivity contribution in [1.29, 1.82) is 4.78 Å². The van der Waals surface area contributed by atoms with Crippen molar-refractivity contribution >= 4 is 15.5 Å². The molecule has 0 spiro atoms. The van der Waals surface area contributed by atoms with Crippen LogP contribution in [0, 0.1) is 11.7 Å². The lowest BCUT2D eigenvalue weighted by Gasteiger charge is -2.10. The summed E-state index contributed by atoms with van der Waals surface area (Å²) in [6.07, 6.45) is 3.27. The van der Waals surface area contributed by atoms with E-state index in [0.717, 1.165) is 18.4 Å². The third kappa shape index (κ3) is 1.82. The number of aryl methyl sites for hydroxylation is 1. The number of nitrogens with two attached hydrogens (primary N) is 1. The zero-order valence-corrected chi connectivity index (χ0v) is 9.30. The fourth-order valence-electron chi connectivity index (χ4n) is 1.52. The van der Waals surface area contributed by atoms with E-state index >= 15 is 0 Å². The molecule has 1 aliphatic carbocycles. The summed E-state index contributed by atoms with van der Waals surface area (Å²) in [6.45, 7) is 1.83. The van der Waals surface area contributed by atoms with E-state index in [1.807, 2.05) is 6.92 Å². The maximum Gasteiger partial charge on any atom is 0.140 e. The van der Waals surface area contributed by atoms with Gasteiger partial charge in [0, 0.05) is 11.4 Å². The van der Waals surface area contributed by atoms with Crippen LogP contribution in [0.15, 0.2) is 17.2 Å². The van der Waals surface area contributed by atoms with Crippen molar-refractivity contribution in [2.75, 3.05) is 5.43 Å². The van der Waals surface area contributed by atoms with Crippen molar-refractivity contribution in [3.8, 4) is 0 Å². The SMILES string of the molecule is Cc1cc(NN)ncc1[S@@](=N)(=O)C1CC1. The summed E-state index contributed by atoms with van der Waals surface area (Å²) in [5.41, 5.74) is 3.24. The highest BCUT2D eigenvalue weighted by Crippen LogP contribution is 2.35. The van der Waals surface area contributed by atoms with Crippen LogP contribution in [0.1, 0.15) is 18.4 Å². The van der Waals surface area contributed by atoms with Crippen LogP contribution >= 0.6 is 0 Å². The summed E-state index contributed by atoms with van der Waals surface area (Å²) in [6, 6.07) is 1.71. The van der Waals surface area contributed by atoms with Crippen LogP contribution in [0.4, 0.5) is 5.82 Å². The zero-order chi connectivity index (χ0) is 11.1. The second-order valence-electron chi connectivity index (χ2n) is 3.78. The minimum atomic E-state index is -2.65. The Morgan fingerprint density at radius 2 is 2.33 bits per heavy atom. The van der Waals surface area contributed by atoms with Crippen LogP contribution in [0.25, 0.3) is 0 Å². The van der Waals surface area contributed by atoms with Gasteiger partial charge in [0.25, 0.3) is 0 Å². The van der Waals surface area contributed by atoms with Crippen molar-refractivity contribution in [3.05, 3.63) is 17.8 Å². The largest absolute Gasteiger partial charge is 0.308 e. The smallest absolute Gasteiger partial charge is 0.140 e. The standard InChI is InChI=1S/C9H14N4OS/c1-6-4-9(13-10)12-5-8(6)15(11,14)7-2-3-7/h4-5,7,11H,2-3,10H2,1H3,(H,12,13)/t15-/m0/s1. The van der Waals surface area contributed by atoms with Gasteiger partial charge < -0.3 is 5.43 Å². The van der Waals surface area contributed by atoms with E-state index in [1.165, 1.54) is 6.20 Å². The number of rotatable bonds is 3. The number of nitrogens with one attached hydrogen (secondary N) is 2. The molecule has 82 valence electrons. The zero-order valence-electron chi connectivity index (χ0n) is 8.49. The van der Waals surface area contributed by atoms with Crippen LogP contribution in [-0.4, -0.2) is 14.4 Å². The van der Waals surface area contributed by atoms with E-state index < -0.39 is 9.73 Å². The van der Waals surface area contributed by atoms with E-state index in [1.54, 1.807) is 6.07 Å². The molecule has 6 heteroatoms. The number of anilines is 1. The Balaban J connectivity index is 2.45. The number of hydrogen-bond donors (Lipinski definition) is 3. The predicted molar refractivity (Wildman–Crippen MR) is 58.9 cm³/mol. The molecule has 0 unspecified atom stereocenters. The van der Waals surface area contributed by atoms with Crippen LogP contribution in [0.2, 0.25) is 0 Å². The van der Waals surface area contributed by atoms with Gasteiger partial charge in [0.05, 0.1) is 14.6 Å². The van der Waals surface area contributed by atoms with Gasteiger partial charge >= 0.3 is 0 Å². The molecular weight excluding hydrogens is 212 g/mol. The van der Waals surface area contributed by atoms with Gasteiger partial charge in [0.2, 0.25) is 0 Å². The molecule has 1 atom stereocenters. The van der Waals surface area contributed by atoms with Gasteiger partial charge in [-0.1, -0.05) is 0 Å². The van der Waals surface area contributed by atoms with Gasteiger partial charge in [0.1, 0.15) is 5.82 Å². The number of hydrogen-bond acceptors (Lipinski definition) is 5. The molecular formula is C9H14N4OS. The molecule has 1 saturated carbocycles. The Labute approximate surface area is 89.0 Å². The molecule has 1 aromatic heterocycles. The van der Waals surface area contributed by atoms with Gasteiger partial charge in [-0.2, -0.15) is 0 Å². The van der Waals surface area contributed by atoms with E-state index in [-0.39, 0.29) is 5.25 Å². The molecule has 0 amide bonds. The van der Waals surface area contributed by atoms with E-state index in [4.69, 9.17) is 10.6 Å². The number of hydrazine groups is 1. The summed E-state index contributed by atoms with van der Waals surface area (Å²) < 4.78 is 20.0. The Morgan fingerprint density at radius 3 is 2.80 bits per heavy atom. The topological polar surface area (TPSA) is 91.9 Å². The molecule has 2 rings (SSSR count). The number of pyridine rings is 1. The summed E-state index contributed by atoms with van der Waals surface area (Å²) in [5, 5.41) is 0.0229. The molecule has 15 heavy (non-hydrogen) atoms. The summed E-state index contributed by atoms with van der Waals surface area (Å²) in [7, 11) is -2.65. The molecule has 0 radical (unpaired) electrons. The van der Waals surface area contributed by atoms with E-state index in [2.05, 4.69) is 10.4 Å². The van der Waals surface area contributed by atoms with E-state index in [9.17, 15) is 4.21 Å². The summed E-state index contributed by atoms with van der Waals surface area (Å²) in [4.78, 5) is 4.54.